The molecule has 0 heterocycles. The van der Waals surface area contributed by atoms with Crippen molar-refractivity contribution in [2.24, 2.45) is 0 Å². The van der Waals surface area contributed by atoms with Gasteiger partial charge in [0.15, 0.2) is 0 Å². The Morgan fingerprint density at radius 3 is 2.36 bits per heavy atom. The van der Waals surface area contributed by atoms with E-state index in [9.17, 15) is 4.79 Å². The standard InChI is InChI=1S/C8H14O3/c9-7-5-3-1-2-4-6-8(10)11/h6-7,9H,1-5H2,(H,10,11). The molecule has 3 heteroatoms. The van der Waals surface area contributed by atoms with Crippen LogP contribution >= 0.6 is 0 Å². The average molecular weight is 158 g/mol. The Kier molecular flexibility index (Phi) is 7.15. The molecule has 2 radical (unpaired) electrons. The molecule has 0 fully saturated rings. The number of carbonyl (C=O) groups is 1. The molecule has 0 aliphatic carbocycles. The second kappa shape index (κ2) is 7.54. The highest BCUT2D eigenvalue weighted by Gasteiger charge is 1.96. The molecule has 0 rings (SSSR count). The molecule has 3 nitrogen and oxygen atoms in total. The quantitative estimate of drug-likeness (QED) is 0.555. The zero-order valence-corrected chi connectivity index (χ0v) is 6.49. The van der Waals surface area contributed by atoms with Crippen LogP contribution in [0.4, 0.5) is 0 Å². The van der Waals surface area contributed by atoms with Crippen molar-refractivity contribution in [3.05, 3.63) is 13.0 Å². The fourth-order valence-corrected chi connectivity index (χ4v) is 0.782. The molecule has 0 bridgehead atoms. The van der Waals surface area contributed by atoms with Crippen LogP contribution in [-0.2, 0) is 4.79 Å². The van der Waals surface area contributed by atoms with E-state index in [0.717, 1.165) is 25.9 Å². The van der Waals surface area contributed by atoms with Crippen molar-refractivity contribution in [3.63, 3.8) is 0 Å². The van der Waals surface area contributed by atoms with Crippen LogP contribution in [0.5, 0.6) is 0 Å². The van der Waals surface area contributed by atoms with Crippen molar-refractivity contribution in [3.8, 4) is 0 Å². The number of unbranched alkanes of at least 4 members (excludes halogenated alkanes) is 4. The van der Waals surface area contributed by atoms with E-state index >= 15 is 0 Å². The van der Waals surface area contributed by atoms with Gasteiger partial charge in [-0.2, -0.15) is 0 Å². The molecule has 0 saturated carbocycles. The zero-order chi connectivity index (χ0) is 8.53. The fourth-order valence-electron chi connectivity index (χ4n) is 0.782. The van der Waals surface area contributed by atoms with Gasteiger partial charge in [-0.05, 0) is 12.8 Å². The molecule has 0 amide bonds. The molecule has 0 aliphatic heterocycles. The Morgan fingerprint density at radius 2 is 1.82 bits per heavy atom. The zero-order valence-electron chi connectivity index (χ0n) is 6.49. The number of aliphatic carboxylic acids is 1. The summed E-state index contributed by atoms with van der Waals surface area (Å²) in [6, 6.07) is 0. The van der Waals surface area contributed by atoms with Crippen LogP contribution in [0.15, 0.2) is 0 Å². The maximum absolute atomic E-state index is 9.99. The van der Waals surface area contributed by atoms with E-state index in [4.69, 9.17) is 10.2 Å². The first kappa shape index (κ1) is 10.4. The molecule has 0 atom stereocenters. The summed E-state index contributed by atoms with van der Waals surface area (Å²) < 4.78 is 0. The van der Waals surface area contributed by atoms with Crippen LogP contribution in [0.3, 0.4) is 0 Å². The van der Waals surface area contributed by atoms with Crippen LogP contribution in [0.2, 0.25) is 0 Å². The number of carboxylic acid groups (broad SMARTS) is 1. The van der Waals surface area contributed by atoms with Crippen LogP contribution < -0.4 is 0 Å². The lowest BCUT2D eigenvalue weighted by Crippen LogP contribution is -1.94. The fraction of sp³-hybridized carbons (Fsp3) is 0.625. The Hall–Kier alpha value is -0.570. The number of aliphatic hydroxyl groups excluding tert-OH is 1. The molecular weight excluding hydrogens is 144 g/mol. The second-order valence-corrected chi connectivity index (χ2v) is 2.36. The van der Waals surface area contributed by atoms with Gasteiger partial charge in [-0.25, -0.2) is 0 Å². The largest absolute Gasteiger partial charge is 0.481 e. The number of rotatable bonds is 7. The number of hydrogen-bond acceptors (Lipinski definition) is 2. The minimum Gasteiger partial charge on any atom is -0.481 e. The normalized spacial score (nSPS) is 9.91. The van der Waals surface area contributed by atoms with E-state index < -0.39 is 5.97 Å². The van der Waals surface area contributed by atoms with Gasteiger partial charge < -0.3 is 10.2 Å². The first-order chi connectivity index (χ1) is 5.27. The van der Waals surface area contributed by atoms with Crippen molar-refractivity contribution in [2.45, 2.75) is 32.1 Å². The topological polar surface area (TPSA) is 57.5 Å². The third kappa shape index (κ3) is 9.43. The highest BCUT2D eigenvalue weighted by molar-refractivity contribution is 5.76. The first-order valence-electron chi connectivity index (χ1n) is 3.79. The molecule has 0 spiro atoms. The lowest BCUT2D eigenvalue weighted by molar-refractivity contribution is -0.133. The molecule has 64 valence electrons. The van der Waals surface area contributed by atoms with Crippen LogP contribution in [-0.4, -0.2) is 16.2 Å². The van der Waals surface area contributed by atoms with Crippen molar-refractivity contribution in [1.82, 2.24) is 0 Å². The minimum atomic E-state index is -0.848. The summed E-state index contributed by atoms with van der Waals surface area (Å²) >= 11 is 0. The smallest absolute Gasteiger partial charge is 0.307 e. The van der Waals surface area contributed by atoms with E-state index in [1.165, 1.54) is 6.42 Å². The summed E-state index contributed by atoms with van der Waals surface area (Å²) in [5.41, 5.74) is 0. The molecular formula is C8H14O3. The molecule has 0 saturated heterocycles. The molecule has 0 aromatic heterocycles. The van der Waals surface area contributed by atoms with Gasteiger partial charge in [0.25, 0.3) is 0 Å². The van der Waals surface area contributed by atoms with Gasteiger partial charge in [0.1, 0.15) is 0 Å². The summed E-state index contributed by atoms with van der Waals surface area (Å²) in [6.45, 7) is 1.14. The molecule has 0 aromatic carbocycles. The number of aliphatic hydroxyl groups is 1. The van der Waals surface area contributed by atoms with Crippen molar-refractivity contribution in [1.29, 1.82) is 0 Å². The molecule has 0 unspecified atom stereocenters. The minimum absolute atomic E-state index is 0.626. The monoisotopic (exact) mass is 158 g/mol. The molecule has 0 aliphatic rings. The van der Waals surface area contributed by atoms with Crippen LogP contribution in [0.25, 0.3) is 0 Å². The summed E-state index contributed by atoms with van der Waals surface area (Å²) in [7, 11) is 0. The van der Waals surface area contributed by atoms with Crippen molar-refractivity contribution >= 4 is 5.97 Å². The SMILES string of the molecule is O=C(O)[CH]CCCCC[CH]O. The third-order valence-electron chi connectivity index (χ3n) is 1.36. The van der Waals surface area contributed by atoms with Crippen LogP contribution in [0, 0.1) is 13.0 Å². The van der Waals surface area contributed by atoms with Gasteiger partial charge in [-0.1, -0.05) is 19.3 Å². The number of hydrogen-bond donors (Lipinski definition) is 2. The third-order valence-corrected chi connectivity index (χ3v) is 1.36. The van der Waals surface area contributed by atoms with E-state index in [-0.39, 0.29) is 0 Å². The second-order valence-electron chi connectivity index (χ2n) is 2.36. The molecule has 0 aromatic rings. The van der Waals surface area contributed by atoms with E-state index in [1.54, 1.807) is 0 Å². The van der Waals surface area contributed by atoms with Crippen molar-refractivity contribution in [2.75, 3.05) is 0 Å². The van der Waals surface area contributed by atoms with Gasteiger partial charge in [-0.15, -0.1) is 0 Å². The maximum atomic E-state index is 9.99. The van der Waals surface area contributed by atoms with Crippen LogP contribution in [0.1, 0.15) is 32.1 Å². The van der Waals surface area contributed by atoms with Gasteiger partial charge in [0.05, 0.1) is 13.0 Å². The summed E-state index contributed by atoms with van der Waals surface area (Å²) in [6.07, 6.45) is 5.39. The predicted molar refractivity (Wildman–Crippen MR) is 41.3 cm³/mol. The van der Waals surface area contributed by atoms with Gasteiger partial charge in [-0.3, -0.25) is 4.79 Å². The highest BCUT2D eigenvalue weighted by atomic mass is 16.4. The summed E-state index contributed by atoms with van der Waals surface area (Å²) in [5.74, 6) is -0.848. The average Bonchev–Trinajstić information content (AvgIpc) is 1.96. The van der Waals surface area contributed by atoms with Gasteiger partial charge in [0.2, 0.25) is 0 Å². The predicted octanol–water partition coefficient (Wildman–Crippen LogP) is 1.76. The highest BCUT2D eigenvalue weighted by Crippen LogP contribution is 2.04. The van der Waals surface area contributed by atoms with E-state index in [1.807, 2.05) is 0 Å². The Bertz CT molecular complexity index is 102. The Balaban J connectivity index is 2.85. The van der Waals surface area contributed by atoms with E-state index in [2.05, 4.69) is 0 Å². The summed E-state index contributed by atoms with van der Waals surface area (Å²) in [5, 5.41) is 16.5. The molecule has 11 heavy (non-hydrogen) atoms. The van der Waals surface area contributed by atoms with Gasteiger partial charge >= 0.3 is 5.97 Å². The summed E-state index contributed by atoms with van der Waals surface area (Å²) in [4.78, 5) is 9.99. The van der Waals surface area contributed by atoms with Gasteiger partial charge in [0, 0.05) is 0 Å². The van der Waals surface area contributed by atoms with E-state index in [0.29, 0.717) is 12.8 Å². The lowest BCUT2D eigenvalue weighted by Gasteiger charge is -1.96. The maximum Gasteiger partial charge on any atom is 0.307 e. The first-order valence-corrected chi connectivity index (χ1v) is 3.79. The lowest BCUT2D eigenvalue weighted by atomic mass is 10.1. The Labute approximate surface area is 67.0 Å². The molecule has 2 N–H and O–H groups in total. The Morgan fingerprint density at radius 1 is 1.18 bits per heavy atom. The number of carboxylic acids is 1. The van der Waals surface area contributed by atoms with Crippen molar-refractivity contribution < 1.29 is 15.0 Å².